The summed E-state index contributed by atoms with van der Waals surface area (Å²) in [7, 11) is 1.60. The van der Waals surface area contributed by atoms with Crippen molar-refractivity contribution in [3.8, 4) is 11.5 Å². The van der Waals surface area contributed by atoms with Crippen LogP contribution in [0.15, 0.2) is 48.5 Å². The topological polar surface area (TPSA) is 50.8 Å². The van der Waals surface area contributed by atoms with Gasteiger partial charge >= 0.3 is 0 Å². The predicted octanol–water partition coefficient (Wildman–Crippen LogP) is 3.03. The van der Waals surface area contributed by atoms with Gasteiger partial charge in [-0.15, -0.1) is 0 Å². The average Bonchev–Trinajstić information content (AvgIpc) is 2.70. The molecule has 5 heteroatoms. The number of nitrogens with zero attached hydrogens (tertiary/aromatic N) is 1. The summed E-state index contributed by atoms with van der Waals surface area (Å²) in [4.78, 5) is 14.4. The Morgan fingerprint density at radius 2 is 2.00 bits per heavy atom. The molecule has 2 aromatic carbocycles. The summed E-state index contributed by atoms with van der Waals surface area (Å²) < 4.78 is 10.6. The number of methoxy groups -OCH3 is 1. The molecule has 1 heterocycles. The first-order chi connectivity index (χ1) is 12.8. The van der Waals surface area contributed by atoms with E-state index in [9.17, 15) is 4.79 Å². The Hall–Kier alpha value is -2.69. The van der Waals surface area contributed by atoms with Gasteiger partial charge in [-0.3, -0.25) is 4.79 Å². The molecule has 1 N–H and O–H groups in total. The highest BCUT2D eigenvalue weighted by molar-refractivity contribution is 5.77. The summed E-state index contributed by atoms with van der Waals surface area (Å²) in [5.74, 6) is 1.24. The molecule has 0 unspecified atom stereocenters. The van der Waals surface area contributed by atoms with Crippen LogP contribution in [0.4, 0.5) is 5.69 Å². The zero-order valence-corrected chi connectivity index (χ0v) is 15.2. The van der Waals surface area contributed by atoms with E-state index in [1.54, 1.807) is 13.2 Å². The van der Waals surface area contributed by atoms with E-state index in [2.05, 4.69) is 34.5 Å². The first-order valence-corrected chi connectivity index (χ1v) is 9.12. The fourth-order valence-corrected chi connectivity index (χ4v) is 3.23. The quantitative estimate of drug-likeness (QED) is 0.741. The van der Waals surface area contributed by atoms with Crippen LogP contribution in [0.3, 0.4) is 0 Å². The monoisotopic (exact) mass is 354 g/mol. The molecule has 0 fully saturated rings. The van der Waals surface area contributed by atoms with Crippen molar-refractivity contribution in [3.63, 3.8) is 0 Å². The molecule has 0 aromatic heterocycles. The van der Waals surface area contributed by atoms with Gasteiger partial charge in [0, 0.05) is 31.4 Å². The maximum absolute atomic E-state index is 11.9. The number of hydrogen-bond acceptors (Lipinski definition) is 4. The summed E-state index contributed by atoms with van der Waals surface area (Å²) in [6.07, 6.45) is 3.27. The van der Waals surface area contributed by atoms with E-state index in [1.165, 1.54) is 17.7 Å². The van der Waals surface area contributed by atoms with Crippen LogP contribution < -0.4 is 19.7 Å². The summed E-state index contributed by atoms with van der Waals surface area (Å²) in [5.41, 5.74) is 2.76. The van der Waals surface area contributed by atoms with Crippen LogP contribution in [-0.4, -0.2) is 39.3 Å². The van der Waals surface area contributed by atoms with E-state index in [0.29, 0.717) is 18.0 Å². The molecule has 0 spiro atoms. The Morgan fingerprint density at radius 3 is 2.88 bits per heavy atom. The Morgan fingerprint density at radius 1 is 1.15 bits per heavy atom. The third kappa shape index (κ3) is 4.91. The Balaban J connectivity index is 1.37. The molecule has 2 aromatic rings. The van der Waals surface area contributed by atoms with Crippen molar-refractivity contribution in [2.75, 3.05) is 38.3 Å². The van der Waals surface area contributed by atoms with E-state index in [4.69, 9.17) is 9.47 Å². The van der Waals surface area contributed by atoms with Crippen molar-refractivity contribution in [2.45, 2.75) is 19.3 Å². The molecule has 0 saturated carbocycles. The minimum Gasteiger partial charge on any atom is -0.497 e. The normalized spacial score (nSPS) is 13.0. The molecule has 3 rings (SSSR count). The second-order valence-electron chi connectivity index (χ2n) is 6.39. The molecular weight excluding hydrogens is 328 g/mol. The van der Waals surface area contributed by atoms with Crippen molar-refractivity contribution >= 4 is 11.6 Å². The largest absolute Gasteiger partial charge is 0.497 e. The van der Waals surface area contributed by atoms with Crippen LogP contribution >= 0.6 is 0 Å². The number of aryl methyl sites for hydroxylation is 1. The van der Waals surface area contributed by atoms with Crippen molar-refractivity contribution < 1.29 is 14.3 Å². The first-order valence-electron chi connectivity index (χ1n) is 9.12. The van der Waals surface area contributed by atoms with Gasteiger partial charge in [-0.1, -0.05) is 24.3 Å². The zero-order chi connectivity index (χ0) is 18.2. The lowest BCUT2D eigenvalue weighted by atomic mass is 10.0. The average molecular weight is 354 g/mol. The molecule has 1 aliphatic heterocycles. The SMILES string of the molecule is COc1cccc(OCC(=O)NCCCN2CCCc3ccccc32)c1. The molecule has 0 radical (unpaired) electrons. The molecule has 138 valence electrons. The summed E-state index contributed by atoms with van der Waals surface area (Å²) in [6, 6.07) is 15.8. The number of hydrogen-bond donors (Lipinski definition) is 1. The van der Waals surface area contributed by atoms with E-state index in [0.717, 1.165) is 25.9 Å². The second kappa shape index (κ2) is 9.13. The molecule has 26 heavy (non-hydrogen) atoms. The van der Waals surface area contributed by atoms with Gasteiger partial charge in [0.05, 0.1) is 7.11 Å². The van der Waals surface area contributed by atoms with Crippen LogP contribution in [-0.2, 0) is 11.2 Å². The lowest BCUT2D eigenvalue weighted by Crippen LogP contribution is -2.34. The van der Waals surface area contributed by atoms with Gasteiger partial charge in [0.25, 0.3) is 5.91 Å². The Labute approximate surface area is 154 Å². The number of carbonyl (C=O) groups is 1. The maximum Gasteiger partial charge on any atom is 0.257 e. The molecule has 5 nitrogen and oxygen atoms in total. The Kier molecular flexibility index (Phi) is 6.36. The maximum atomic E-state index is 11.9. The van der Waals surface area contributed by atoms with Gasteiger partial charge in [-0.05, 0) is 43.0 Å². The van der Waals surface area contributed by atoms with E-state index < -0.39 is 0 Å². The van der Waals surface area contributed by atoms with Crippen LogP contribution in [0, 0.1) is 0 Å². The van der Waals surface area contributed by atoms with Crippen molar-refractivity contribution in [1.29, 1.82) is 0 Å². The smallest absolute Gasteiger partial charge is 0.257 e. The fraction of sp³-hybridized carbons (Fsp3) is 0.381. The second-order valence-corrected chi connectivity index (χ2v) is 6.39. The molecule has 0 saturated heterocycles. The van der Waals surface area contributed by atoms with E-state index >= 15 is 0 Å². The Bertz CT molecular complexity index is 733. The number of fused-ring (bicyclic) bond motifs is 1. The van der Waals surface area contributed by atoms with Gasteiger partial charge in [-0.2, -0.15) is 0 Å². The highest BCUT2D eigenvalue weighted by Gasteiger charge is 2.15. The van der Waals surface area contributed by atoms with Gasteiger partial charge in [0.1, 0.15) is 11.5 Å². The molecule has 0 bridgehead atoms. The van der Waals surface area contributed by atoms with Gasteiger partial charge in [0.15, 0.2) is 6.61 Å². The molecule has 0 atom stereocenters. The highest BCUT2D eigenvalue weighted by Crippen LogP contribution is 2.26. The molecular formula is C21H26N2O3. The zero-order valence-electron chi connectivity index (χ0n) is 15.2. The van der Waals surface area contributed by atoms with E-state index in [-0.39, 0.29) is 12.5 Å². The number of amides is 1. The number of ether oxygens (including phenoxy) is 2. The van der Waals surface area contributed by atoms with Crippen molar-refractivity contribution in [2.24, 2.45) is 0 Å². The third-order valence-electron chi connectivity index (χ3n) is 4.54. The number of benzene rings is 2. The van der Waals surface area contributed by atoms with Gasteiger partial charge in [-0.25, -0.2) is 0 Å². The molecule has 0 aliphatic carbocycles. The highest BCUT2D eigenvalue weighted by atomic mass is 16.5. The number of nitrogens with one attached hydrogen (secondary N) is 1. The van der Waals surface area contributed by atoms with Crippen molar-refractivity contribution in [1.82, 2.24) is 5.32 Å². The number of rotatable bonds is 8. The fourth-order valence-electron chi connectivity index (χ4n) is 3.23. The number of carbonyl (C=O) groups excluding carboxylic acids is 1. The minimum atomic E-state index is -0.105. The lowest BCUT2D eigenvalue weighted by molar-refractivity contribution is -0.123. The third-order valence-corrected chi connectivity index (χ3v) is 4.54. The van der Waals surface area contributed by atoms with Crippen LogP contribution in [0.1, 0.15) is 18.4 Å². The van der Waals surface area contributed by atoms with Crippen LogP contribution in [0.25, 0.3) is 0 Å². The molecule has 1 aliphatic rings. The van der Waals surface area contributed by atoms with Gasteiger partial charge < -0.3 is 19.7 Å². The number of para-hydroxylation sites is 1. The minimum absolute atomic E-state index is 0.0136. The van der Waals surface area contributed by atoms with Crippen molar-refractivity contribution in [3.05, 3.63) is 54.1 Å². The number of anilines is 1. The summed E-state index contributed by atoms with van der Waals surface area (Å²) >= 11 is 0. The van der Waals surface area contributed by atoms with Crippen LogP contribution in [0.5, 0.6) is 11.5 Å². The standard InChI is InChI=1S/C21H26N2O3/c1-25-18-9-4-10-19(15-18)26-16-21(24)22-12-6-14-23-13-5-8-17-7-2-3-11-20(17)23/h2-4,7,9-11,15H,5-6,8,12-14,16H2,1H3,(H,22,24). The van der Waals surface area contributed by atoms with Crippen LogP contribution in [0.2, 0.25) is 0 Å². The lowest BCUT2D eigenvalue weighted by Gasteiger charge is -2.31. The van der Waals surface area contributed by atoms with E-state index in [1.807, 2.05) is 18.2 Å². The summed E-state index contributed by atoms with van der Waals surface area (Å²) in [6.45, 7) is 2.70. The van der Waals surface area contributed by atoms with Gasteiger partial charge in [0.2, 0.25) is 0 Å². The summed E-state index contributed by atoms with van der Waals surface area (Å²) in [5, 5.41) is 2.92. The predicted molar refractivity (Wildman–Crippen MR) is 103 cm³/mol. The first kappa shape index (κ1) is 18.1. The molecule has 1 amide bonds.